The van der Waals surface area contributed by atoms with Gasteiger partial charge in [0.1, 0.15) is 11.3 Å². The van der Waals surface area contributed by atoms with Crippen LogP contribution in [0.3, 0.4) is 0 Å². The highest BCUT2D eigenvalue weighted by Crippen LogP contribution is 2.34. The predicted molar refractivity (Wildman–Crippen MR) is 209 cm³/mol. The van der Waals surface area contributed by atoms with Crippen molar-refractivity contribution in [1.29, 1.82) is 0 Å². The van der Waals surface area contributed by atoms with Crippen molar-refractivity contribution >= 4 is 40.0 Å². The molecule has 0 bridgehead atoms. The Morgan fingerprint density at radius 2 is 1.58 bits per heavy atom. The van der Waals surface area contributed by atoms with Crippen LogP contribution in [0.15, 0.2) is 103 Å². The average molecular weight is 709 g/mol. The van der Waals surface area contributed by atoms with Gasteiger partial charge in [-0.1, -0.05) is 57.2 Å². The molecule has 2 aromatic heterocycles. The van der Waals surface area contributed by atoms with Crippen molar-refractivity contribution in [1.82, 2.24) is 19.4 Å². The second-order valence-corrected chi connectivity index (χ2v) is 14.3. The third kappa shape index (κ3) is 7.78. The zero-order valence-electron chi connectivity index (χ0n) is 30.8. The molecule has 0 radical (unpaired) electrons. The Morgan fingerprint density at radius 3 is 2.26 bits per heavy atom. The summed E-state index contributed by atoms with van der Waals surface area (Å²) in [6.07, 6.45) is 1.82. The number of anilines is 3. The number of fused-ring (bicyclic) bond motifs is 1. The minimum atomic E-state index is -0.176. The first kappa shape index (κ1) is 35.4. The number of nitrogens with zero attached hydrogens (tertiary/aromatic N) is 4. The largest absolute Gasteiger partial charge is 0.497 e. The summed E-state index contributed by atoms with van der Waals surface area (Å²) >= 11 is 0. The standard InChI is InChI=1S/C43H44N6O4/c1-28-35(7-6-8-36(28)47-41(50)30-11-15-32(16-12-30)43(2,3)4)37-25-38-39(44-27-49(38)26-29-9-19-34(52-5)20-10-29)40(46-37)45-33-17-13-31(14-18-33)42(51)48-21-23-53-24-22-48/h6-20,25,27H,21-24,26H2,1-5H3,(H,45,46)(H,47,50). The van der Waals surface area contributed by atoms with E-state index in [0.717, 1.165) is 39.3 Å². The number of carbonyl (C=O) groups excluding carboxylic acids is 2. The molecule has 0 unspecified atom stereocenters. The van der Waals surface area contributed by atoms with Gasteiger partial charge in [0, 0.05) is 47.7 Å². The number of hydrogen-bond acceptors (Lipinski definition) is 7. The Kier molecular flexibility index (Phi) is 9.97. The fourth-order valence-electron chi connectivity index (χ4n) is 6.49. The minimum absolute atomic E-state index is 0.00269. The van der Waals surface area contributed by atoms with Crippen molar-refractivity contribution in [2.75, 3.05) is 44.0 Å². The van der Waals surface area contributed by atoms with Gasteiger partial charge in [-0.2, -0.15) is 0 Å². The van der Waals surface area contributed by atoms with E-state index in [-0.39, 0.29) is 17.2 Å². The Hall–Kier alpha value is -6.00. The fourth-order valence-corrected chi connectivity index (χ4v) is 6.49. The maximum Gasteiger partial charge on any atom is 0.255 e. The number of amides is 2. The number of methoxy groups -OCH3 is 1. The molecule has 0 aliphatic carbocycles. The number of aromatic nitrogens is 3. The molecule has 0 saturated carbocycles. The van der Waals surface area contributed by atoms with Crippen molar-refractivity contribution < 1.29 is 19.1 Å². The number of pyridine rings is 1. The summed E-state index contributed by atoms with van der Waals surface area (Å²) in [7, 11) is 1.66. The van der Waals surface area contributed by atoms with Crippen LogP contribution < -0.4 is 15.4 Å². The molecule has 4 aromatic carbocycles. The number of carbonyl (C=O) groups is 2. The molecule has 0 atom stereocenters. The van der Waals surface area contributed by atoms with Crippen LogP contribution in [0.2, 0.25) is 0 Å². The molecule has 270 valence electrons. The zero-order chi connectivity index (χ0) is 37.1. The van der Waals surface area contributed by atoms with Crippen molar-refractivity contribution in [3.8, 4) is 17.0 Å². The normalized spacial score (nSPS) is 13.2. The Morgan fingerprint density at radius 1 is 0.887 bits per heavy atom. The van der Waals surface area contributed by atoms with Crippen LogP contribution in [0.5, 0.6) is 5.75 Å². The maximum atomic E-state index is 13.4. The summed E-state index contributed by atoms with van der Waals surface area (Å²) in [6.45, 7) is 11.3. The summed E-state index contributed by atoms with van der Waals surface area (Å²) < 4.78 is 12.9. The highest BCUT2D eigenvalue weighted by molar-refractivity contribution is 6.05. The average Bonchev–Trinajstić information content (AvgIpc) is 3.58. The first-order chi connectivity index (χ1) is 25.6. The maximum absolute atomic E-state index is 13.4. The van der Waals surface area contributed by atoms with Crippen molar-refractivity contribution in [3.05, 3.63) is 131 Å². The number of hydrogen-bond donors (Lipinski definition) is 2. The van der Waals surface area contributed by atoms with E-state index >= 15 is 0 Å². The molecule has 0 spiro atoms. The van der Waals surface area contributed by atoms with Gasteiger partial charge in [-0.05, 0) is 89.7 Å². The molecule has 2 amide bonds. The number of benzene rings is 4. The van der Waals surface area contributed by atoms with Gasteiger partial charge in [-0.3, -0.25) is 9.59 Å². The second kappa shape index (κ2) is 14.9. The van der Waals surface area contributed by atoms with Gasteiger partial charge in [0.15, 0.2) is 5.82 Å². The molecule has 10 nitrogen and oxygen atoms in total. The summed E-state index contributed by atoms with van der Waals surface area (Å²) in [6, 6.07) is 31.1. The highest BCUT2D eigenvalue weighted by Gasteiger charge is 2.20. The van der Waals surface area contributed by atoms with Crippen molar-refractivity contribution in [3.63, 3.8) is 0 Å². The number of imidazole rings is 1. The molecule has 10 heteroatoms. The SMILES string of the molecule is COc1ccc(Cn2cnc3c(Nc4ccc(C(=O)N5CCOCC5)cc4)nc(-c4cccc(NC(=O)c5ccc(C(C)(C)C)cc5)c4C)cc32)cc1. The van der Waals surface area contributed by atoms with Gasteiger partial charge in [0.05, 0.1) is 37.9 Å². The minimum Gasteiger partial charge on any atom is -0.497 e. The van der Waals surface area contributed by atoms with Crippen LogP contribution >= 0.6 is 0 Å². The van der Waals surface area contributed by atoms with E-state index < -0.39 is 0 Å². The highest BCUT2D eigenvalue weighted by atomic mass is 16.5. The lowest BCUT2D eigenvalue weighted by molar-refractivity contribution is 0.0303. The smallest absolute Gasteiger partial charge is 0.255 e. The number of ether oxygens (including phenoxy) is 2. The number of morpholine rings is 1. The molecule has 1 aliphatic heterocycles. The van der Waals surface area contributed by atoms with Gasteiger partial charge in [-0.15, -0.1) is 0 Å². The van der Waals surface area contributed by atoms with Crippen LogP contribution in [-0.4, -0.2) is 64.7 Å². The molecule has 1 aliphatic rings. The quantitative estimate of drug-likeness (QED) is 0.156. The van der Waals surface area contributed by atoms with Crippen LogP contribution in [0.25, 0.3) is 22.3 Å². The second-order valence-electron chi connectivity index (χ2n) is 14.3. The molecule has 2 N–H and O–H groups in total. The molecule has 1 saturated heterocycles. The Balaban J connectivity index is 1.22. The predicted octanol–water partition coefficient (Wildman–Crippen LogP) is 8.23. The zero-order valence-corrected chi connectivity index (χ0v) is 30.8. The first-order valence-electron chi connectivity index (χ1n) is 17.8. The van der Waals surface area contributed by atoms with Gasteiger partial charge >= 0.3 is 0 Å². The topological polar surface area (TPSA) is 111 Å². The lowest BCUT2D eigenvalue weighted by atomic mass is 9.86. The van der Waals surface area contributed by atoms with Crippen LogP contribution in [0, 0.1) is 6.92 Å². The van der Waals surface area contributed by atoms with E-state index in [2.05, 4.69) is 36.0 Å². The van der Waals surface area contributed by atoms with E-state index in [1.165, 1.54) is 5.56 Å². The molecule has 1 fully saturated rings. The molecule has 3 heterocycles. The molecular weight excluding hydrogens is 665 g/mol. The Bertz CT molecular complexity index is 2250. The van der Waals surface area contributed by atoms with E-state index in [4.69, 9.17) is 19.4 Å². The third-order valence-corrected chi connectivity index (χ3v) is 9.68. The lowest BCUT2D eigenvalue weighted by Crippen LogP contribution is -2.40. The van der Waals surface area contributed by atoms with Crippen LogP contribution in [0.4, 0.5) is 17.2 Å². The monoisotopic (exact) mass is 708 g/mol. The molecule has 7 rings (SSSR count). The van der Waals surface area contributed by atoms with E-state index in [1.54, 1.807) is 7.11 Å². The van der Waals surface area contributed by atoms with Crippen LogP contribution in [-0.2, 0) is 16.7 Å². The lowest BCUT2D eigenvalue weighted by Gasteiger charge is -2.26. The van der Waals surface area contributed by atoms with Gasteiger partial charge in [0.2, 0.25) is 0 Å². The van der Waals surface area contributed by atoms with Gasteiger partial charge in [0.25, 0.3) is 11.8 Å². The summed E-state index contributed by atoms with van der Waals surface area (Å²) in [5.74, 6) is 1.18. The Labute approximate surface area is 309 Å². The fraction of sp³-hybridized carbons (Fsp3) is 0.256. The van der Waals surface area contributed by atoms with Gasteiger partial charge < -0.3 is 29.6 Å². The van der Waals surface area contributed by atoms with Crippen molar-refractivity contribution in [2.45, 2.75) is 39.7 Å². The first-order valence-corrected chi connectivity index (χ1v) is 17.8. The summed E-state index contributed by atoms with van der Waals surface area (Å²) in [5, 5.41) is 6.60. The number of nitrogens with one attached hydrogen (secondary N) is 2. The van der Waals surface area contributed by atoms with Crippen molar-refractivity contribution in [2.24, 2.45) is 0 Å². The third-order valence-electron chi connectivity index (χ3n) is 9.68. The van der Waals surface area contributed by atoms with E-state index in [9.17, 15) is 9.59 Å². The van der Waals surface area contributed by atoms with E-state index in [1.807, 2.05) is 115 Å². The molecular formula is C43H44N6O4. The van der Waals surface area contributed by atoms with Gasteiger partial charge in [-0.25, -0.2) is 9.97 Å². The summed E-state index contributed by atoms with van der Waals surface area (Å²) in [4.78, 5) is 38.2. The van der Waals surface area contributed by atoms with Crippen LogP contribution in [0.1, 0.15) is 58.2 Å². The molecule has 6 aromatic rings. The van der Waals surface area contributed by atoms with E-state index in [0.29, 0.717) is 61.0 Å². The molecule has 53 heavy (non-hydrogen) atoms. The summed E-state index contributed by atoms with van der Waals surface area (Å²) in [5.41, 5.74) is 9.02. The number of rotatable bonds is 9.